The van der Waals surface area contributed by atoms with Crippen LogP contribution in [0.1, 0.15) is 20.4 Å². The fraction of sp³-hybridized carbons (Fsp3) is 0.105. The summed E-state index contributed by atoms with van der Waals surface area (Å²) >= 11 is 8.46. The number of nitrogens with zero attached hydrogens (tertiary/aromatic N) is 4. The van der Waals surface area contributed by atoms with Gasteiger partial charge in [-0.2, -0.15) is 0 Å². The van der Waals surface area contributed by atoms with Crippen molar-refractivity contribution in [2.45, 2.75) is 17.5 Å². The number of carbonyl (C=O) groups is 1. The van der Waals surface area contributed by atoms with Crippen molar-refractivity contribution in [2.24, 2.45) is 0 Å². The lowest BCUT2D eigenvalue weighted by atomic mass is 10.2. The number of benzene rings is 2. The van der Waals surface area contributed by atoms with Crippen molar-refractivity contribution in [1.82, 2.24) is 25.7 Å². The zero-order chi connectivity index (χ0) is 20.1. The van der Waals surface area contributed by atoms with Crippen LogP contribution >= 0.6 is 34.7 Å². The fourth-order valence-corrected chi connectivity index (χ4v) is 3.99. The van der Waals surface area contributed by atoms with E-state index in [0.717, 1.165) is 11.1 Å². The van der Waals surface area contributed by atoms with E-state index in [9.17, 15) is 4.79 Å². The van der Waals surface area contributed by atoms with Crippen molar-refractivity contribution in [3.05, 3.63) is 75.2 Å². The van der Waals surface area contributed by atoms with Crippen molar-refractivity contribution in [3.63, 3.8) is 0 Å². The fourth-order valence-electron chi connectivity index (χ4n) is 2.36. The molecule has 0 radical (unpaired) electrons. The van der Waals surface area contributed by atoms with Crippen LogP contribution in [0.25, 0.3) is 11.5 Å². The maximum atomic E-state index is 12.2. The SMILES string of the molecule is O=C(NCc1ccccc1)c1nnc(CSc2nnc(-c3ccc(Cl)cc3)o2)s1. The molecule has 2 heterocycles. The van der Waals surface area contributed by atoms with Gasteiger partial charge in [-0.3, -0.25) is 4.79 Å². The van der Waals surface area contributed by atoms with Gasteiger partial charge < -0.3 is 9.73 Å². The number of nitrogens with one attached hydrogen (secondary N) is 1. The molecule has 0 spiro atoms. The zero-order valence-electron chi connectivity index (χ0n) is 14.9. The molecule has 4 aromatic rings. The number of thioether (sulfide) groups is 1. The Morgan fingerprint density at radius 1 is 1.03 bits per heavy atom. The van der Waals surface area contributed by atoms with Crippen molar-refractivity contribution in [2.75, 3.05) is 0 Å². The maximum absolute atomic E-state index is 12.2. The minimum absolute atomic E-state index is 0.245. The molecule has 4 rings (SSSR count). The standard InChI is InChI=1S/C19H14ClN5O2S2/c20-14-8-6-13(7-9-14)17-23-25-19(27-17)28-11-15-22-24-18(29-15)16(26)21-10-12-4-2-1-3-5-12/h1-9H,10-11H2,(H,21,26). The Hall–Kier alpha value is -2.75. The average molecular weight is 444 g/mol. The molecule has 1 amide bonds. The molecule has 0 saturated carbocycles. The van der Waals surface area contributed by atoms with Gasteiger partial charge in [-0.05, 0) is 29.8 Å². The summed E-state index contributed by atoms with van der Waals surface area (Å²) in [6, 6.07) is 16.8. The smallest absolute Gasteiger partial charge is 0.282 e. The number of aromatic nitrogens is 4. The van der Waals surface area contributed by atoms with Crippen LogP contribution in [0.5, 0.6) is 0 Å². The van der Waals surface area contributed by atoms with Crippen LogP contribution in [0.15, 0.2) is 64.2 Å². The zero-order valence-corrected chi connectivity index (χ0v) is 17.3. The largest absolute Gasteiger partial charge is 0.411 e. The number of hydrogen-bond donors (Lipinski definition) is 1. The molecule has 0 aliphatic carbocycles. The molecule has 0 aliphatic heterocycles. The predicted octanol–water partition coefficient (Wildman–Crippen LogP) is 4.46. The highest BCUT2D eigenvalue weighted by Gasteiger charge is 2.14. The minimum Gasteiger partial charge on any atom is -0.411 e. The molecule has 0 bridgehead atoms. The second-order valence-electron chi connectivity index (χ2n) is 5.84. The van der Waals surface area contributed by atoms with Gasteiger partial charge in [0.15, 0.2) is 0 Å². The summed E-state index contributed by atoms with van der Waals surface area (Å²) in [5.74, 6) is 0.652. The molecular formula is C19H14ClN5O2S2. The van der Waals surface area contributed by atoms with Crippen molar-refractivity contribution in [1.29, 1.82) is 0 Å². The molecule has 2 aromatic heterocycles. The van der Waals surface area contributed by atoms with Crippen LogP contribution in [0.3, 0.4) is 0 Å². The van der Waals surface area contributed by atoms with E-state index in [1.807, 2.05) is 42.5 Å². The van der Waals surface area contributed by atoms with E-state index in [2.05, 4.69) is 25.7 Å². The normalized spacial score (nSPS) is 10.8. The van der Waals surface area contributed by atoms with E-state index in [-0.39, 0.29) is 5.91 Å². The highest BCUT2D eigenvalue weighted by atomic mass is 35.5. The first-order valence-corrected chi connectivity index (χ1v) is 10.7. The summed E-state index contributed by atoms with van der Waals surface area (Å²) in [5, 5.41) is 21.0. The lowest BCUT2D eigenvalue weighted by Gasteiger charge is -2.01. The third-order valence-electron chi connectivity index (χ3n) is 3.77. The summed E-state index contributed by atoms with van der Waals surface area (Å²) in [4.78, 5) is 12.2. The topological polar surface area (TPSA) is 93.8 Å². The van der Waals surface area contributed by atoms with E-state index in [4.69, 9.17) is 16.0 Å². The average Bonchev–Trinajstić information content (AvgIpc) is 3.42. The van der Waals surface area contributed by atoms with E-state index < -0.39 is 0 Å². The van der Waals surface area contributed by atoms with Gasteiger partial charge >= 0.3 is 0 Å². The Morgan fingerprint density at radius 3 is 2.62 bits per heavy atom. The lowest BCUT2D eigenvalue weighted by molar-refractivity contribution is 0.0950. The molecule has 7 nitrogen and oxygen atoms in total. The second kappa shape index (κ2) is 9.17. The molecular weight excluding hydrogens is 430 g/mol. The van der Waals surface area contributed by atoms with Crippen molar-refractivity contribution in [3.8, 4) is 11.5 Å². The third-order valence-corrected chi connectivity index (χ3v) is 5.96. The minimum atomic E-state index is -0.245. The van der Waals surface area contributed by atoms with E-state index >= 15 is 0 Å². The first-order chi connectivity index (χ1) is 14.2. The van der Waals surface area contributed by atoms with Gasteiger partial charge in [-0.1, -0.05) is 65.0 Å². The quantitative estimate of drug-likeness (QED) is 0.421. The summed E-state index contributed by atoms with van der Waals surface area (Å²) < 4.78 is 5.65. The van der Waals surface area contributed by atoms with Crippen LogP contribution in [-0.4, -0.2) is 26.3 Å². The lowest BCUT2D eigenvalue weighted by Crippen LogP contribution is -2.22. The first-order valence-electron chi connectivity index (χ1n) is 8.54. The molecule has 0 unspecified atom stereocenters. The van der Waals surface area contributed by atoms with Gasteiger partial charge in [0.2, 0.25) is 10.9 Å². The number of hydrogen-bond acceptors (Lipinski definition) is 8. The second-order valence-corrected chi connectivity index (χ2v) is 8.26. The van der Waals surface area contributed by atoms with Crippen LogP contribution in [0, 0.1) is 0 Å². The Bertz CT molecular complexity index is 1100. The molecule has 2 aromatic carbocycles. The van der Waals surface area contributed by atoms with E-state index in [1.54, 1.807) is 12.1 Å². The molecule has 0 saturated heterocycles. The van der Waals surface area contributed by atoms with Crippen molar-refractivity contribution < 1.29 is 9.21 Å². The summed E-state index contributed by atoms with van der Waals surface area (Å²) in [6.07, 6.45) is 0. The molecule has 10 heteroatoms. The molecule has 146 valence electrons. The van der Waals surface area contributed by atoms with Gasteiger partial charge in [0.25, 0.3) is 11.1 Å². The molecule has 1 N–H and O–H groups in total. The van der Waals surface area contributed by atoms with Crippen LogP contribution in [-0.2, 0) is 12.3 Å². The third kappa shape index (κ3) is 5.20. The molecule has 0 aliphatic rings. The molecule has 0 atom stereocenters. The van der Waals surface area contributed by atoms with Gasteiger partial charge in [0.1, 0.15) is 5.01 Å². The number of rotatable bonds is 7. The van der Waals surface area contributed by atoms with Gasteiger partial charge in [0, 0.05) is 17.1 Å². The predicted molar refractivity (Wildman–Crippen MR) is 112 cm³/mol. The monoisotopic (exact) mass is 443 g/mol. The van der Waals surface area contributed by atoms with Crippen LogP contribution in [0.2, 0.25) is 5.02 Å². The molecule has 0 fully saturated rings. The van der Waals surface area contributed by atoms with Gasteiger partial charge in [-0.25, -0.2) is 0 Å². The highest BCUT2D eigenvalue weighted by Crippen LogP contribution is 2.27. The summed E-state index contributed by atoms with van der Waals surface area (Å²) in [6.45, 7) is 0.443. The Labute approximate surface area is 179 Å². The van der Waals surface area contributed by atoms with Gasteiger partial charge in [-0.15, -0.1) is 20.4 Å². The Kier molecular flexibility index (Phi) is 6.18. The van der Waals surface area contributed by atoms with Crippen molar-refractivity contribution >= 4 is 40.6 Å². The van der Waals surface area contributed by atoms with Crippen LogP contribution in [0.4, 0.5) is 0 Å². The van der Waals surface area contributed by atoms with Gasteiger partial charge in [0.05, 0.1) is 5.75 Å². The molecule has 29 heavy (non-hydrogen) atoms. The Balaban J connectivity index is 1.31. The number of halogens is 1. The summed E-state index contributed by atoms with van der Waals surface area (Å²) in [7, 11) is 0. The Morgan fingerprint density at radius 2 is 1.83 bits per heavy atom. The number of amides is 1. The maximum Gasteiger partial charge on any atom is 0.282 e. The first kappa shape index (κ1) is 19.6. The summed E-state index contributed by atoms with van der Waals surface area (Å²) in [5.41, 5.74) is 1.82. The van der Waals surface area contributed by atoms with E-state index in [1.165, 1.54) is 23.1 Å². The van der Waals surface area contributed by atoms with Crippen LogP contribution < -0.4 is 5.32 Å². The highest BCUT2D eigenvalue weighted by molar-refractivity contribution is 7.98. The number of carbonyl (C=O) groups excluding carboxylic acids is 1. The van der Waals surface area contributed by atoms with E-state index in [0.29, 0.717) is 38.4 Å².